The minimum atomic E-state index is -0.230. The number of carbonyl (C=O) groups excluding carboxylic acids is 1. The van der Waals surface area contributed by atoms with Crippen molar-refractivity contribution in [3.8, 4) is 0 Å². The molecule has 2 rings (SSSR count). The highest BCUT2D eigenvalue weighted by Gasteiger charge is 2.34. The Morgan fingerprint density at radius 2 is 2.00 bits per heavy atom. The van der Waals surface area contributed by atoms with Crippen LogP contribution in [0, 0.1) is 0 Å². The maximum Gasteiger partial charge on any atom is 0.223 e. The van der Waals surface area contributed by atoms with Crippen LogP contribution in [0.5, 0.6) is 0 Å². The van der Waals surface area contributed by atoms with Gasteiger partial charge in [-0.05, 0) is 31.4 Å². The van der Waals surface area contributed by atoms with Gasteiger partial charge in [-0.15, -0.1) is 0 Å². The molecule has 1 aliphatic heterocycles. The Balaban J connectivity index is 2.49. The predicted octanol–water partition coefficient (Wildman–Crippen LogP) is 3.78. The van der Waals surface area contributed by atoms with E-state index in [9.17, 15) is 4.79 Å². The maximum absolute atomic E-state index is 12.3. The van der Waals surface area contributed by atoms with Gasteiger partial charge < -0.3 is 10.6 Å². The monoisotopic (exact) mass is 314 g/mol. The zero-order valence-electron chi connectivity index (χ0n) is 11.6. The van der Waals surface area contributed by atoms with Crippen molar-refractivity contribution >= 4 is 29.1 Å². The lowest BCUT2D eigenvalue weighted by Gasteiger charge is -2.34. The van der Waals surface area contributed by atoms with E-state index in [1.807, 2.05) is 11.0 Å². The molecule has 5 heteroatoms. The van der Waals surface area contributed by atoms with E-state index in [1.54, 1.807) is 12.1 Å². The largest absolute Gasteiger partial charge is 0.334 e. The van der Waals surface area contributed by atoms with Gasteiger partial charge in [0, 0.05) is 34.6 Å². The molecule has 0 radical (unpaired) electrons. The van der Waals surface area contributed by atoms with E-state index in [2.05, 4.69) is 6.92 Å². The Bertz CT molecular complexity index is 473. The van der Waals surface area contributed by atoms with Crippen LogP contribution in [0.3, 0.4) is 0 Å². The Morgan fingerprint density at radius 3 is 2.60 bits per heavy atom. The summed E-state index contributed by atoms with van der Waals surface area (Å²) in [6.45, 7) is 2.73. The van der Waals surface area contributed by atoms with E-state index in [0.717, 1.165) is 24.8 Å². The number of halogens is 2. The molecule has 110 valence electrons. The van der Waals surface area contributed by atoms with Gasteiger partial charge in [-0.25, -0.2) is 0 Å². The van der Waals surface area contributed by atoms with Crippen molar-refractivity contribution in [1.29, 1.82) is 0 Å². The summed E-state index contributed by atoms with van der Waals surface area (Å²) in [7, 11) is 0. The Hall–Kier alpha value is -0.770. The van der Waals surface area contributed by atoms with E-state index in [0.29, 0.717) is 23.0 Å². The van der Waals surface area contributed by atoms with Crippen LogP contribution < -0.4 is 5.73 Å². The molecule has 0 saturated carbocycles. The first-order valence-corrected chi connectivity index (χ1v) is 7.80. The molecule has 3 nitrogen and oxygen atoms in total. The second kappa shape index (κ2) is 6.79. The molecule has 1 aromatic rings. The van der Waals surface area contributed by atoms with Gasteiger partial charge in [-0.2, -0.15) is 0 Å². The van der Waals surface area contributed by atoms with E-state index in [4.69, 9.17) is 28.9 Å². The standard InChI is InChI=1S/C15H20Cl2N2O/c1-2-9-19-13(20)8-4-7-12(18)15(19)14-10(16)5-3-6-11(14)17/h3,5-6,12,15H,2,4,7-9,18H2,1H3. The zero-order valence-corrected chi connectivity index (χ0v) is 13.1. The van der Waals surface area contributed by atoms with E-state index in [-0.39, 0.29) is 18.0 Å². The average Bonchev–Trinajstić information content (AvgIpc) is 2.52. The number of benzene rings is 1. The lowest BCUT2D eigenvalue weighted by molar-refractivity contribution is -0.133. The van der Waals surface area contributed by atoms with Gasteiger partial charge in [0.25, 0.3) is 0 Å². The molecule has 0 aliphatic carbocycles. The van der Waals surface area contributed by atoms with Gasteiger partial charge in [0.05, 0.1) is 6.04 Å². The third-order valence-corrected chi connectivity index (χ3v) is 4.41. The number of hydrogen-bond acceptors (Lipinski definition) is 2. The molecule has 1 heterocycles. The Morgan fingerprint density at radius 1 is 1.35 bits per heavy atom. The number of hydrogen-bond donors (Lipinski definition) is 1. The fourth-order valence-corrected chi connectivity index (χ4v) is 3.47. The van der Waals surface area contributed by atoms with Gasteiger partial charge in [-0.1, -0.05) is 36.2 Å². The minimum absolute atomic E-state index is 0.134. The van der Waals surface area contributed by atoms with Gasteiger partial charge >= 0.3 is 0 Å². The normalized spacial score (nSPS) is 23.8. The van der Waals surface area contributed by atoms with Crippen LogP contribution in [-0.2, 0) is 4.79 Å². The van der Waals surface area contributed by atoms with Gasteiger partial charge in [-0.3, -0.25) is 4.79 Å². The van der Waals surface area contributed by atoms with Crippen molar-refractivity contribution in [2.75, 3.05) is 6.54 Å². The van der Waals surface area contributed by atoms with Crippen LogP contribution in [0.15, 0.2) is 18.2 Å². The number of amides is 1. The van der Waals surface area contributed by atoms with Crippen LogP contribution in [0.1, 0.15) is 44.2 Å². The molecule has 20 heavy (non-hydrogen) atoms. The van der Waals surface area contributed by atoms with Crippen LogP contribution in [0.25, 0.3) is 0 Å². The topological polar surface area (TPSA) is 46.3 Å². The fraction of sp³-hybridized carbons (Fsp3) is 0.533. The summed E-state index contributed by atoms with van der Waals surface area (Å²) in [6.07, 6.45) is 3.06. The number of nitrogens with zero attached hydrogens (tertiary/aromatic N) is 1. The highest BCUT2D eigenvalue weighted by Crippen LogP contribution is 2.38. The van der Waals surface area contributed by atoms with Crippen LogP contribution in [0.2, 0.25) is 10.0 Å². The summed E-state index contributed by atoms with van der Waals surface area (Å²) < 4.78 is 0. The first kappa shape index (κ1) is 15.6. The molecule has 2 N–H and O–H groups in total. The predicted molar refractivity (Wildman–Crippen MR) is 83.0 cm³/mol. The van der Waals surface area contributed by atoms with E-state index < -0.39 is 0 Å². The van der Waals surface area contributed by atoms with Crippen molar-refractivity contribution in [2.45, 2.75) is 44.7 Å². The highest BCUT2D eigenvalue weighted by molar-refractivity contribution is 6.36. The zero-order chi connectivity index (χ0) is 14.7. The smallest absolute Gasteiger partial charge is 0.223 e. The number of rotatable bonds is 3. The molecule has 1 fully saturated rings. The quantitative estimate of drug-likeness (QED) is 0.922. The van der Waals surface area contributed by atoms with Crippen LogP contribution >= 0.6 is 23.2 Å². The van der Waals surface area contributed by atoms with Crippen molar-refractivity contribution in [3.63, 3.8) is 0 Å². The van der Waals surface area contributed by atoms with Crippen molar-refractivity contribution < 1.29 is 4.79 Å². The van der Waals surface area contributed by atoms with Gasteiger partial charge in [0.2, 0.25) is 5.91 Å². The second-order valence-electron chi connectivity index (χ2n) is 5.22. The van der Waals surface area contributed by atoms with Crippen LogP contribution in [0.4, 0.5) is 0 Å². The minimum Gasteiger partial charge on any atom is -0.334 e. The molecule has 1 aliphatic rings. The number of carbonyl (C=O) groups is 1. The van der Waals surface area contributed by atoms with E-state index in [1.165, 1.54) is 0 Å². The third-order valence-electron chi connectivity index (χ3n) is 3.75. The van der Waals surface area contributed by atoms with Crippen molar-refractivity contribution in [3.05, 3.63) is 33.8 Å². The molecule has 0 aromatic heterocycles. The summed E-state index contributed by atoms with van der Waals surface area (Å²) in [6, 6.07) is 5.04. The Kier molecular flexibility index (Phi) is 5.30. The summed E-state index contributed by atoms with van der Waals surface area (Å²) in [4.78, 5) is 14.2. The first-order chi connectivity index (χ1) is 9.56. The maximum atomic E-state index is 12.3. The number of likely N-dealkylation sites (tertiary alicyclic amines) is 1. The average molecular weight is 315 g/mol. The molecule has 2 unspecified atom stereocenters. The molecular formula is C15H20Cl2N2O. The fourth-order valence-electron chi connectivity index (χ4n) is 2.84. The third kappa shape index (κ3) is 3.11. The first-order valence-electron chi connectivity index (χ1n) is 7.05. The van der Waals surface area contributed by atoms with E-state index >= 15 is 0 Å². The summed E-state index contributed by atoms with van der Waals surface area (Å²) >= 11 is 12.6. The lowest BCUT2D eigenvalue weighted by atomic mass is 9.96. The van der Waals surface area contributed by atoms with Gasteiger partial charge in [0.1, 0.15) is 0 Å². The summed E-state index contributed by atoms with van der Waals surface area (Å²) in [5.41, 5.74) is 7.10. The second-order valence-corrected chi connectivity index (χ2v) is 6.04. The SMILES string of the molecule is CCCN1C(=O)CCCC(N)C1c1c(Cl)cccc1Cl. The molecule has 1 saturated heterocycles. The van der Waals surface area contributed by atoms with Gasteiger partial charge in [0.15, 0.2) is 0 Å². The van der Waals surface area contributed by atoms with Crippen molar-refractivity contribution in [2.24, 2.45) is 5.73 Å². The highest BCUT2D eigenvalue weighted by atomic mass is 35.5. The molecular weight excluding hydrogens is 295 g/mol. The molecule has 1 aromatic carbocycles. The Labute approximate surface area is 130 Å². The molecule has 0 bridgehead atoms. The summed E-state index contributed by atoms with van der Waals surface area (Å²) in [5, 5.41) is 1.16. The number of nitrogens with two attached hydrogens (primary N) is 1. The lowest BCUT2D eigenvalue weighted by Crippen LogP contribution is -2.42. The summed E-state index contributed by atoms with van der Waals surface area (Å²) in [5.74, 6) is 0.140. The van der Waals surface area contributed by atoms with Crippen LogP contribution in [-0.4, -0.2) is 23.4 Å². The molecule has 2 atom stereocenters. The molecule has 1 amide bonds. The van der Waals surface area contributed by atoms with Crippen molar-refractivity contribution in [1.82, 2.24) is 4.90 Å². The molecule has 0 spiro atoms.